The summed E-state index contributed by atoms with van der Waals surface area (Å²) in [5, 5.41) is 9.25. The molecule has 0 bridgehead atoms. The summed E-state index contributed by atoms with van der Waals surface area (Å²) in [4.78, 5) is 57.3. The van der Waals surface area contributed by atoms with Crippen molar-refractivity contribution in [1.82, 2.24) is 18.6 Å². The van der Waals surface area contributed by atoms with E-state index < -0.39 is 155 Å². The van der Waals surface area contributed by atoms with Gasteiger partial charge < -0.3 is 18.7 Å². The lowest BCUT2D eigenvalue weighted by Crippen LogP contribution is -2.59. The predicted octanol–water partition coefficient (Wildman–Crippen LogP) is 12.1. The Bertz CT molecular complexity index is 4080. The molecule has 2 aliphatic carbocycles. The molecule has 91 heavy (non-hydrogen) atoms. The summed E-state index contributed by atoms with van der Waals surface area (Å²) in [6, 6.07) is 19.4. The summed E-state index contributed by atoms with van der Waals surface area (Å²) in [6.45, 7) is -1.48. The third kappa shape index (κ3) is 13.3. The number of rotatable bonds is 18. The fourth-order valence-electron chi connectivity index (χ4n) is 11.3. The van der Waals surface area contributed by atoms with Crippen molar-refractivity contribution in [2.45, 2.75) is 130 Å². The lowest BCUT2D eigenvalue weighted by atomic mass is 9.84. The zero-order valence-electron chi connectivity index (χ0n) is 47.7. The molecular formula is C61H56F10N6O12S2. The van der Waals surface area contributed by atoms with E-state index in [4.69, 9.17) is 13.6 Å². The van der Waals surface area contributed by atoms with Crippen molar-refractivity contribution < 1.29 is 100 Å². The Morgan fingerprint density at radius 1 is 0.495 bits per heavy atom. The van der Waals surface area contributed by atoms with Gasteiger partial charge in [-0.2, -0.15) is 18.6 Å². The van der Waals surface area contributed by atoms with Gasteiger partial charge in [-0.1, -0.05) is 117 Å². The molecule has 2 atom stereocenters. The smallest absolute Gasteiger partial charge is 0.360 e. The zero-order chi connectivity index (χ0) is 65.2. The van der Waals surface area contributed by atoms with Crippen molar-refractivity contribution in [3.05, 3.63) is 189 Å². The third-order valence-corrected chi connectivity index (χ3v) is 20.3. The second kappa shape index (κ2) is 27.2. The van der Waals surface area contributed by atoms with Gasteiger partial charge in [-0.05, 0) is 78.2 Å². The van der Waals surface area contributed by atoms with Crippen molar-refractivity contribution in [2.24, 2.45) is 0 Å². The lowest BCUT2D eigenvalue weighted by molar-refractivity contribution is -0.126. The number of esters is 1. The monoisotopic (exact) mass is 1320 g/mol. The number of amides is 2. The summed E-state index contributed by atoms with van der Waals surface area (Å²) >= 11 is 0. The van der Waals surface area contributed by atoms with Crippen LogP contribution >= 0.6 is 0 Å². The molecule has 11 rings (SSSR count). The SMILES string of the molecule is O=C(O)c1coc(N(Cc2ccc(C3CCCCC3)cc2)C(=O)[C@H]2CCN2S(=O)(=O)c2c(F)c(F)c(F)c(F)c2F)n1.O=C(OCc1ccccc1)c1coc(N(Cc2ccc(C3CCCCC3)cc2)C(=O)[C@H]2CCN2S(=O)(=O)c2c(F)c(F)c(F)c(F)c2F)n1.[HH]. The number of carbonyl (C=O) groups is 4. The Morgan fingerprint density at radius 2 is 0.857 bits per heavy atom. The Labute approximate surface area is 514 Å². The van der Waals surface area contributed by atoms with Crippen LogP contribution in [-0.4, -0.2) is 89.4 Å². The minimum atomic E-state index is -5.40. The summed E-state index contributed by atoms with van der Waals surface area (Å²) < 4.78 is 210. The van der Waals surface area contributed by atoms with E-state index in [-0.39, 0.29) is 39.7 Å². The van der Waals surface area contributed by atoms with Crippen LogP contribution in [-0.2, 0) is 54.1 Å². The number of carboxylic acid groups (broad SMARTS) is 1. The van der Waals surface area contributed by atoms with Gasteiger partial charge in [-0.15, -0.1) is 0 Å². The molecule has 0 unspecified atom stereocenters. The molecule has 2 aliphatic heterocycles. The van der Waals surface area contributed by atoms with E-state index in [1.807, 2.05) is 24.3 Å². The van der Waals surface area contributed by atoms with Gasteiger partial charge in [0, 0.05) is 14.5 Å². The van der Waals surface area contributed by atoms with Crippen molar-refractivity contribution >= 4 is 55.8 Å². The maximum Gasteiger partial charge on any atom is 0.360 e. The van der Waals surface area contributed by atoms with Crippen LogP contribution in [0.3, 0.4) is 0 Å². The zero-order valence-corrected chi connectivity index (χ0v) is 49.3. The molecule has 2 aromatic heterocycles. The Hall–Kier alpha value is -8.48. The normalized spacial score (nSPS) is 17.5. The fourth-order valence-corrected chi connectivity index (χ4v) is 14.8. The third-order valence-electron chi connectivity index (χ3n) is 16.4. The van der Waals surface area contributed by atoms with E-state index >= 15 is 0 Å². The maximum absolute atomic E-state index is 14.6. The van der Waals surface area contributed by atoms with Gasteiger partial charge in [-0.3, -0.25) is 19.4 Å². The number of aromatic nitrogens is 2. The summed E-state index contributed by atoms with van der Waals surface area (Å²) in [6.07, 6.45) is 12.5. The first-order chi connectivity index (χ1) is 43.4. The number of ether oxygens (including phenoxy) is 1. The fraction of sp³-hybridized carbons (Fsp3) is 0.344. The Balaban J connectivity index is 0.000000218. The molecule has 4 fully saturated rings. The lowest BCUT2D eigenvalue weighted by Gasteiger charge is -2.40. The number of carboxylic acids is 1. The van der Waals surface area contributed by atoms with E-state index in [2.05, 4.69) is 9.97 Å². The number of anilines is 2. The van der Waals surface area contributed by atoms with Crippen LogP contribution in [0.15, 0.2) is 110 Å². The molecule has 2 amide bonds. The topological polar surface area (TPSA) is 231 Å². The van der Waals surface area contributed by atoms with Gasteiger partial charge in [0.1, 0.15) is 31.2 Å². The number of oxazole rings is 2. The van der Waals surface area contributed by atoms with Gasteiger partial charge in [0.2, 0.25) is 43.5 Å². The number of carbonyl (C=O) groups excluding carboxylic acids is 3. The van der Waals surface area contributed by atoms with E-state index in [0.717, 1.165) is 84.8 Å². The number of benzene rings is 5. The van der Waals surface area contributed by atoms with E-state index in [1.54, 1.807) is 54.6 Å². The first kappa shape index (κ1) is 65.5. The molecule has 5 aromatic carbocycles. The molecule has 0 spiro atoms. The number of aromatic carboxylic acids is 1. The van der Waals surface area contributed by atoms with Crippen molar-refractivity contribution in [1.29, 1.82) is 0 Å². The number of hydrogen-bond acceptors (Lipinski definition) is 13. The minimum absolute atomic E-state index is 0. The molecule has 7 aromatic rings. The standard InChI is InChI=1S/C34H30F5N3O6S.C27H24F5N3O6S.H2/c35-26-27(36)29(38)31(30(39)28(26)37)49(45,46)42-16-15-25(42)32(43)41(17-20-11-13-23(14-12-20)22-9-5-2-6-10-22)34-40-24(19-48-34)33(44)47-18-21-7-3-1-4-8-21;28-19-20(29)22(31)24(23(32)21(19)30)42(39,40)35-11-10-18(35)25(36)34(27-33-17(13-41-27)26(37)38)12-14-6-8-16(9-7-14)15-4-2-1-3-5-15;/h1,3-4,7-8,11-14,19,22,25H,2,5-6,9-10,15-18H2;6-9,13,15,18H,1-5,10-12H2,(H,37,38);1H/t25-;18-;/m11./s1. The quantitative estimate of drug-likeness (QED) is 0.0365. The van der Waals surface area contributed by atoms with Gasteiger partial charge in [-0.25, -0.2) is 70.3 Å². The van der Waals surface area contributed by atoms with Crippen LogP contribution in [0.25, 0.3) is 0 Å². The van der Waals surface area contributed by atoms with Gasteiger partial charge in [0.15, 0.2) is 67.7 Å². The second-order valence-electron chi connectivity index (χ2n) is 22.0. The van der Waals surface area contributed by atoms with Crippen LogP contribution in [0.4, 0.5) is 55.9 Å². The Kier molecular flexibility index (Phi) is 19.5. The largest absolute Gasteiger partial charge is 0.476 e. The van der Waals surface area contributed by atoms with E-state index in [9.17, 15) is 85.0 Å². The first-order valence-corrected chi connectivity index (χ1v) is 31.5. The molecule has 2 saturated heterocycles. The maximum atomic E-state index is 14.6. The highest BCUT2D eigenvalue weighted by Gasteiger charge is 2.50. The van der Waals surface area contributed by atoms with Gasteiger partial charge >= 0.3 is 24.0 Å². The second-order valence-corrected chi connectivity index (χ2v) is 25.7. The minimum Gasteiger partial charge on any atom is -0.476 e. The van der Waals surface area contributed by atoms with Crippen LogP contribution in [0, 0.1) is 58.2 Å². The molecule has 2 saturated carbocycles. The molecule has 484 valence electrons. The van der Waals surface area contributed by atoms with Crippen LogP contribution in [0.5, 0.6) is 0 Å². The highest BCUT2D eigenvalue weighted by atomic mass is 32.2. The highest BCUT2D eigenvalue weighted by molar-refractivity contribution is 7.89. The van der Waals surface area contributed by atoms with Crippen molar-refractivity contribution in [2.75, 3.05) is 22.9 Å². The molecule has 0 radical (unpaired) electrons. The highest BCUT2D eigenvalue weighted by Crippen LogP contribution is 2.39. The summed E-state index contributed by atoms with van der Waals surface area (Å²) in [7, 11) is -10.8. The van der Waals surface area contributed by atoms with E-state index in [1.165, 1.54) is 12.8 Å². The van der Waals surface area contributed by atoms with Crippen LogP contribution in [0.2, 0.25) is 0 Å². The molecular weight excluding hydrogens is 1260 g/mol. The molecule has 4 aliphatic rings. The van der Waals surface area contributed by atoms with Crippen molar-refractivity contribution in [3.63, 3.8) is 0 Å². The molecule has 30 heteroatoms. The van der Waals surface area contributed by atoms with Crippen molar-refractivity contribution in [3.8, 4) is 0 Å². The molecule has 18 nitrogen and oxygen atoms in total. The number of nitrogens with zero attached hydrogens (tertiary/aromatic N) is 6. The average molecular weight is 1320 g/mol. The van der Waals surface area contributed by atoms with Crippen LogP contribution < -0.4 is 9.80 Å². The first-order valence-electron chi connectivity index (χ1n) is 28.6. The Morgan fingerprint density at radius 3 is 1.21 bits per heavy atom. The van der Waals surface area contributed by atoms with Gasteiger partial charge in [0.25, 0.3) is 0 Å². The predicted molar refractivity (Wildman–Crippen MR) is 302 cm³/mol. The molecule has 1 N–H and O–H groups in total. The molecule has 4 heterocycles. The van der Waals surface area contributed by atoms with Crippen LogP contribution in [0.1, 0.15) is 139 Å². The number of sulfonamides is 2. The van der Waals surface area contributed by atoms with Gasteiger partial charge in [0.05, 0.1) is 13.1 Å². The summed E-state index contributed by atoms with van der Waals surface area (Å²) in [5.74, 6) is -28.6. The average Bonchev–Trinajstić information content (AvgIpc) is 0.802. The van der Waals surface area contributed by atoms with E-state index in [0.29, 0.717) is 37.1 Å². The summed E-state index contributed by atoms with van der Waals surface area (Å²) in [5.41, 5.74) is 3.22. The number of halogens is 10. The number of hydrogen-bond donors (Lipinski definition) is 1.